The molecule has 4 heteroatoms. The SMILES string of the molecule is CC(C)OCCC(=O)N1CCC(N)C1. The van der Waals surface area contributed by atoms with Gasteiger partial charge in [0.15, 0.2) is 0 Å². The Balaban J connectivity index is 2.15. The lowest BCUT2D eigenvalue weighted by atomic mass is 10.3. The van der Waals surface area contributed by atoms with E-state index in [-0.39, 0.29) is 18.1 Å². The van der Waals surface area contributed by atoms with E-state index in [9.17, 15) is 4.79 Å². The van der Waals surface area contributed by atoms with Crippen molar-refractivity contribution in [2.75, 3.05) is 19.7 Å². The van der Waals surface area contributed by atoms with Gasteiger partial charge in [0.25, 0.3) is 0 Å². The van der Waals surface area contributed by atoms with E-state index in [2.05, 4.69) is 0 Å². The molecular weight excluding hydrogens is 180 g/mol. The highest BCUT2D eigenvalue weighted by Crippen LogP contribution is 2.08. The molecule has 1 rings (SSSR count). The molecule has 1 amide bonds. The summed E-state index contributed by atoms with van der Waals surface area (Å²) >= 11 is 0. The number of carbonyl (C=O) groups is 1. The first kappa shape index (κ1) is 11.5. The van der Waals surface area contributed by atoms with E-state index in [1.54, 1.807) is 0 Å². The average Bonchev–Trinajstić information content (AvgIpc) is 2.51. The summed E-state index contributed by atoms with van der Waals surface area (Å²) in [6.07, 6.45) is 1.60. The Morgan fingerprint density at radius 3 is 2.86 bits per heavy atom. The highest BCUT2D eigenvalue weighted by molar-refractivity contribution is 5.76. The molecule has 1 heterocycles. The third-order valence-electron chi connectivity index (χ3n) is 2.34. The molecule has 2 N–H and O–H groups in total. The van der Waals surface area contributed by atoms with Crippen molar-refractivity contribution >= 4 is 5.91 Å². The molecule has 82 valence electrons. The van der Waals surface area contributed by atoms with Gasteiger partial charge in [-0.1, -0.05) is 0 Å². The maximum absolute atomic E-state index is 11.6. The average molecular weight is 200 g/mol. The quantitative estimate of drug-likeness (QED) is 0.713. The number of nitrogens with zero attached hydrogens (tertiary/aromatic N) is 1. The molecule has 1 aliphatic rings. The van der Waals surface area contributed by atoms with Gasteiger partial charge < -0.3 is 15.4 Å². The zero-order chi connectivity index (χ0) is 10.6. The minimum Gasteiger partial charge on any atom is -0.378 e. The fourth-order valence-electron chi connectivity index (χ4n) is 1.55. The van der Waals surface area contributed by atoms with Crippen molar-refractivity contribution in [3.05, 3.63) is 0 Å². The van der Waals surface area contributed by atoms with Crippen LogP contribution in [0.15, 0.2) is 0 Å². The number of likely N-dealkylation sites (tertiary alicyclic amines) is 1. The Kier molecular flexibility index (Phi) is 4.35. The Labute approximate surface area is 85.4 Å². The van der Waals surface area contributed by atoms with Crippen LogP contribution in [0.2, 0.25) is 0 Å². The lowest BCUT2D eigenvalue weighted by Gasteiger charge is -2.16. The first-order valence-electron chi connectivity index (χ1n) is 5.24. The van der Waals surface area contributed by atoms with Gasteiger partial charge >= 0.3 is 0 Å². The highest BCUT2D eigenvalue weighted by Gasteiger charge is 2.22. The normalized spacial score (nSPS) is 22.0. The number of hydrogen-bond acceptors (Lipinski definition) is 3. The van der Waals surface area contributed by atoms with E-state index in [4.69, 9.17) is 10.5 Å². The number of nitrogens with two attached hydrogens (primary N) is 1. The van der Waals surface area contributed by atoms with Crippen LogP contribution in [0.1, 0.15) is 26.7 Å². The van der Waals surface area contributed by atoms with Crippen molar-refractivity contribution in [2.45, 2.75) is 38.8 Å². The maximum Gasteiger partial charge on any atom is 0.224 e. The van der Waals surface area contributed by atoms with E-state index in [0.717, 1.165) is 13.0 Å². The number of hydrogen-bond donors (Lipinski definition) is 1. The molecule has 0 bridgehead atoms. The minimum absolute atomic E-state index is 0.165. The molecule has 0 aromatic rings. The van der Waals surface area contributed by atoms with Gasteiger partial charge in [0.05, 0.1) is 19.1 Å². The summed E-state index contributed by atoms with van der Waals surface area (Å²) in [5.41, 5.74) is 5.71. The second kappa shape index (κ2) is 5.32. The van der Waals surface area contributed by atoms with Crippen molar-refractivity contribution in [3.8, 4) is 0 Å². The Bertz CT molecular complexity index is 195. The molecule has 0 radical (unpaired) electrons. The highest BCUT2D eigenvalue weighted by atomic mass is 16.5. The van der Waals surface area contributed by atoms with Gasteiger partial charge in [-0.25, -0.2) is 0 Å². The molecule has 0 spiro atoms. The third kappa shape index (κ3) is 3.64. The van der Waals surface area contributed by atoms with Crippen molar-refractivity contribution < 1.29 is 9.53 Å². The van der Waals surface area contributed by atoms with E-state index in [1.807, 2.05) is 18.7 Å². The molecule has 14 heavy (non-hydrogen) atoms. The smallest absolute Gasteiger partial charge is 0.224 e. The molecule has 0 aliphatic carbocycles. The zero-order valence-corrected chi connectivity index (χ0v) is 9.03. The number of carbonyl (C=O) groups excluding carboxylic acids is 1. The first-order valence-corrected chi connectivity index (χ1v) is 5.24. The van der Waals surface area contributed by atoms with E-state index < -0.39 is 0 Å². The van der Waals surface area contributed by atoms with Gasteiger partial charge in [0.1, 0.15) is 0 Å². The third-order valence-corrected chi connectivity index (χ3v) is 2.34. The van der Waals surface area contributed by atoms with Crippen LogP contribution < -0.4 is 5.73 Å². The van der Waals surface area contributed by atoms with Crippen LogP contribution in [0.25, 0.3) is 0 Å². The summed E-state index contributed by atoms with van der Waals surface area (Å²) in [7, 11) is 0. The molecule has 1 unspecified atom stereocenters. The fraction of sp³-hybridized carbons (Fsp3) is 0.900. The Morgan fingerprint density at radius 2 is 2.36 bits per heavy atom. The summed E-state index contributed by atoms with van der Waals surface area (Å²) < 4.78 is 5.32. The molecule has 1 atom stereocenters. The molecule has 4 nitrogen and oxygen atoms in total. The minimum atomic E-state index is 0.165. The van der Waals surface area contributed by atoms with Gasteiger partial charge in [-0.3, -0.25) is 4.79 Å². The topological polar surface area (TPSA) is 55.6 Å². The summed E-state index contributed by atoms with van der Waals surface area (Å²) in [6, 6.07) is 0.171. The van der Waals surface area contributed by atoms with Crippen LogP contribution in [0.5, 0.6) is 0 Å². The lowest BCUT2D eigenvalue weighted by Crippen LogP contribution is -2.32. The fourth-order valence-corrected chi connectivity index (χ4v) is 1.55. The predicted octanol–water partition coefficient (Wildman–Crippen LogP) is 0.361. The standard InChI is InChI=1S/C10H20N2O2/c1-8(2)14-6-4-10(13)12-5-3-9(11)7-12/h8-9H,3-7,11H2,1-2H3. The van der Waals surface area contributed by atoms with E-state index >= 15 is 0 Å². The number of rotatable bonds is 4. The molecule has 1 saturated heterocycles. The van der Waals surface area contributed by atoms with Gasteiger partial charge in [-0.05, 0) is 20.3 Å². The van der Waals surface area contributed by atoms with Crippen LogP contribution in [0.3, 0.4) is 0 Å². The van der Waals surface area contributed by atoms with Crippen LogP contribution in [-0.4, -0.2) is 42.6 Å². The Morgan fingerprint density at radius 1 is 1.64 bits per heavy atom. The van der Waals surface area contributed by atoms with Crippen LogP contribution in [0, 0.1) is 0 Å². The second-order valence-corrected chi connectivity index (χ2v) is 4.06. The molecular formula is C10H20N2O2. The molecule has 0 aromatic heterocycles. The second-order valence-electron chi connectivity index (χ2n) is 4.06. The van der Waals surface area contributed by atoms with Crippen LogP contribution in [0.4, 0.5) is 0 Å². The van der Waals surface area contributed by atoms with Gasteiger partial charge in [0.2, 0.25) is 5.91 Å². The molecule has 1 aliphatic heterocycles. The summed E-state index contributed by atoms with van der Waals surface area (Å²) in [5, 5.41) is 0. The summed E-state index contributed by atoms with van der Waals surface area (Å²) in [5.74, 6) is 0.165. The summed E-state index contributed by atoms with van der Waals surface area (Å²) in [4.78, 5) is 13.4. The monoisotopic (exact) mass is 200 g/mol. The van der Waals surface area contributed by atoms with E-state index in [0.29, 0.717) is 19.6 Å². The van der Waals surface area contributed by atoms with Crippen molar-refractivity contribution in [2.24, 2.45) is 5.73 Å². The summed E-state index contributed by atoms with van der Waals surface area (Å²) in [6.45, 7) is 5.97. The first-order chi connectivity index (χ1) is 6.59. The largest absolute Gasteiger partial charge is 0.378 e. The number of amides is 1. The van der Waals surface area contributed by atoms with Gasteiger partial charge in [0, 0.05) is 19.1 Å². The Hall–Kier alpha value is -0.610. The van der Waals surface area contributed by atoms with Gasteiger partial charge in [-0.2, -0.15) is 0 Å². The van der Waals surface area contributed by atoms with Crippen molar-refractivity contribution in [3.63, 3.8) is 0 Å². The van der Waals surface area contributed by atoms with Crippen molar-refractivity contribution in [1.29, 1.82) is 0 Å². The van der Waals surface area contributed by atoms with Crippen LogP contribution >= 0.6 is 0 Å². The molecule has 0 aromatic carbocycles. The van der Waals surface area contributed by atoms with E-state index in [1.165, 1.54) is 0 Å². The van der Waals surface area contributed by atoms with Crippen LogP contribution in [-0.2, 0) is 9.53 Å². The number of ether oxygens (including phenoxy) is 1. The zero-order valence-electron chi connectivity index (χ0n) is 9.03. The maximum atomic E-state index is 11.6. The predicted molar refractivity (Wildman–Crippen MR) is 54.9 cm³/mol. The van der Waals surface area contributed by atoms with Crippen molar-refractivity contribution in [1.82, 2.24) is 4.90 Å². The van der Waals surface area contributed by atoms with Gasteiger partial charge in [-0.15, -0.1) is 0 Å². The lowest BCUT2D eigenvalue weighted by molar-refractivity contribution is -0.131. The molecule has 1 fully saturated rings. The molecule has 0 saturated carbocycles.